The average Bonchev–Trinajstić information content (AvgIpc) is 2.51. The first-order valence-electron chi connectivity index (χ1n) is 8.00. The highest BCUT2D eigenvalue weighted by atomic mass is 19.4. The number of nitrogens with two attached hydrogens (primary N) is 1. The van der Waals surface area contributed by atoms with Crippen molar-refractivity contribution in [1.82, 2.24) is 0 Å². The minimum Gasteiger partial charge on any atom is -0.446 e. The van der Waals surface area contributed by atoms with Crippen LogP contribution in [0.4, 0.5) is 26.3 Å². The predicted octanol–water partition coefficient (Wildman–Crippen LogP) is 4.99. The van der Waals surface area contributed by atoms with Crippen LogP contribution < -0.4 is 5.73 Å². The minimum absolute atomic E-state index is 0.0474. The van der Waals surface area contributed by atoms with E-state index >= 15 is 8.78 Å². The van der Waals surface area contributed by atoms with Crippen LogP contribution in [0.15, 0.2) is 18.2 Å². The smallest absolute Gasteiger partial charge is 0.446 e. The monoisotopic (exact) mass is 385 g/mol. The Kier molecular flexibility index (Phi) is 6.73. The zero-order valence-electron chi connectivity index (χ0n) is 14.6. The molecule has 0 unspecified atom stereocenters. The van der Waals surface area contributed by atoms with Gasteiger partial charge < -0.3 is 10.5 Å². The fourth-order valence-electron chi connectivity index (χ4n) is 2.48. The highest BCUT2D eigenvalue weighted by Crippen LogP contribution is 2.46. The predicted molar refractivity (Wildman–Crippen MR) is 83.0 cm³/mol. The van der Waals surface area contributed by atoms with E-state index < -0.39 is 47.5 Å². The van der Waals surface area contributed by atoms with Gasteiger partial charge in [0.1, 0.15) is 5.82 Å². The van der Waals surface area contributed by atoms with Gasteiger partial charge in [0.2, 0.25) is 0 Å². The second kappa shape index (κ2) is 7.85. The van der Waals surface area contributed by atoms with E-state index in [9.17, 15) is 22.4 Å². The number of halogens is 6. The van der Waals surface area contributed by atoms with Gasteiger partial charge in [-0.15, -0.1) is 0 Å². The third-order valence-electron chi connectivity index (χ3n) is 4.08. The van der Waals surface area contributed by atoms with Gasteiger partial charge in [0.25, 0.3) is 0 Å². The van der Waals surface area contributed by atoms with E-state index in [4.69, 9.17) is 5.73 Å². The SMILES string of the molecule is CCCC[C@@](C)(OC(=O)C(F)(F)F)C(F)(F)c1cccc([C@@H](C)N)c1F. The molecule has 0 radical (unpaired) electrons. The normalized spacial score (nSPS) is 16.1. The molecule has 0 saturated heterocycles. The van der Waals surface area contributed by atoms with Crippen LogP contribution in [0.1, 0.15) is 57.2 Å². The summed E-state index contributed by atoms with van der Waals surface area (Å²) < 4.78 is 86.4. The molecule has 0 aliphatic heterocycles. The number of esters is 1. The zero-order valence-corrected chi connectivity index (χ0v) is 14.6. The third-order valence-corrected chi connectivity index (χ3v) is 4.08. The molecule has 0 bridgehead atoms. The summed E-state index contributed by atoms with van der Waals surface area (Å²) in [6.07, 6.45) is -5.63. The first kappa shape index (κ1) is 22.3. The number of ether oxygens (including phenoxy) is 1. The van der Waals surface area contributed by atoms with E-state index in [1.54, 1.807) is 6.92 Å². The molecule has 0 amide bonds. The van der Waals surface area contributed by atoms with Crippen molar-refractivity contribution in [3.63, 3.8) is 0 Å². The summed E-state index contributed by atoms with van der Waals surface area (Å²) in [5.74, 6) is -8.30. The highest BCUT2D eigenvalue weighted by molar-refractivity contribution is 5.76. The van der Waals surface area contributed by atoms with Gasteiger partial charge >= 0.3 is 18.1 Å². The Labute approximate surface area is 147 Å². The van der Waals surface area contributed by atoms with Gasteiger partial charge in [-0.3, -0.25) is 0 Å². The van der Waals surface area contributed by atoms with Crippen LogP contribution in [-0.2, 0) is 15.5 Å². The third kappa shape index (κ3) is 4.49. The summed E-state index contributed by atoms with van der Waals surface area (Å²) in [7, 11) is 0. The van der Waals surface area contributed by atoms with Crippen LogP contribution >= 0.6 is 0 Å². The first-order valence-corrected chi connectivity index (χ1v) is 8.00. The molecule has 2 atom stereocenters. The second-order valence-electron chi connectivity index (χ2n) is 6.29. The molecule has 0 heterocycles. The van der Waals surface area contributed by atoms with E-state index in [2.05, 4.69) is 4.74 Å². The quantitative estimate of drug-likeness (QED) is 0.531. The number of rotatable bonds is 7. The molecule has 0 aliphatic rings. The summed E-state index contributed by atoms with van der Waals surface area (Å²) in [5.41, 5.74) is 1.27. The topological polar surface area (TPSA) is 52.3 Å². The van der Waals surface area contributed by atoms with Gasteiger partial charge in [0, 0.05) is 11.6 Å². The van der Waals surface area contributed by atoms with Crippen molar-refractivity contribution < 1.29 is 35.9 Å². The molecule has 0 saturated carbocycles. The van der Waals surface area contributed by atoms with Crippen molar-refractivity contribution >= 4 is 5.97 Å². The van der Waals surface area contributed by atoms with Gasteiger partial charge in [-0.25, -0.2) is 9.18 Å². The summed E-state index contributed by atoms with van der Waals surface area (Å²) in [5, 5.41) is 0. The number of hydrogen-bond acceptors (Lipinski definition) is 3. The van der Waals surface area contributed by atoms with E-state index in [1.807, 2.05) is 0 Å². The number of carbonyl (C=O) groups is 1. The molecule has 0 spiro atoms. The average molecular weight is 385 g/mol. The van der Waals surface area contributed by atoms with Gasteiger partial charge in [-0.2, -0.15) is 22.0 Å². The molecule has 3 nitrogen and oxygen atoms in total. The summed E-state index contributed by atoms with van der Waals surface area (Å²) in [6, 6.07) is 2.15. The van der Waals surface area contributed by atoms with Crippen LogP contribution in [0.2, 0.25) is 0 Å². The first-order chi connectivity index (χ1) is 11.8. The molecule has 2 N–H and O–H groups in total. The lowest BCUT2D eigenvalue weighted by atomic mass is 9.85. The lowest BCUT2D eigenvalue weighted by molar-refractivity contribution is -0.247. The van der Waals surface area contributed by atoms with Gasteiger partial charge in [-0.1, -0.05) is 25.5 Å². The van der Waals surface area contributed by atoms with Gasteiger partial charge in [0.15, 0.2) is 5.60 Å². The Morgan fingerprint density at radius 3 is 2.27 bits per heavy atom. The number of carbonyl (C=O) groups excluding carboxylic acids is 1. The van der Waals surface area contributed by atoms with Crippen molar-refractivity contribution in [3.8, 4) is 0 Å². The maximum absolute atomic E-state index is 15.1. The van der Waals surface area contributed by atoms with Gasteiger partial charge in [-0.05, 0) is 32.8 Å². The van der Waals surface area contributed by atoms with Crippen LogP contribution in [0.5, 0.6) is 0 Å². The highest BCUT2D eigenvalue weighted by Gasteiger charge is 2.58. The largest absolute Gasteiger partial charge is 0.490 e. The minimum atomic E-state index is -5.45. The van der Waals surface area contributed by atoms with Crippen molar-refractivity contribution in [2.24, 2.45) is 5.73 Å². The maximum Gasteiger partial charge on any atom is 0.490 e. The molecule has 0 fully saturated rings. The molecule has 148 valence electrons. The molecule has 1 aromatic rings. The molecule has 0 aromatic heterocycles. The van der Waals surface area contributed by atoms with Crippen LogP contribution in [0.3, 0.4) is 0 Å². The fraction of sp³-hybridized carbons (Fsp3) is 0.588. The fourth-order valence-corrected chi connectivity index (χ4v) is 2.48. The van der Waals surface area contributed by atoms with Gasteiger partial charge in [0.05, 0.1) is 5.56 Å². The van der Waals surface area contributed by atoms with Crippen molar-refractivity contribution in [1.29, 1.82) is 0 Å². The maximum atomic E-state index is 15.1. The molecular formula is C17H21F6NO2. The number of alkyl halides is 5. The van der Waals surface area contributed by atoms with Crippen molar-refractivity contribution in [3.05, 3.63) is 35.1 Å². The van der Waals surface area contributed by atoms with E-state index in [0.717, 1.165) is 12.1 Å². The van der Waals surface area contributed by atoms with Crippen LogP contribution in [-0.4, -0.2) is 17.7 Å². The van der Waals surface area contributed by atoms with Crippen molar-refractivity contribution in [2.45, 2.75) is 63.8 Å². The Balaban J connectivity index is 3.44. The van der Waals surface area contributed by atoms with E-state index in [-0.39, 0.29) is 12.0 Å². The number of benzene rings is 1. The number of hydrogen-bond donors (Lipinski definition) is 1. The standard InChI is InChI=1S/C17H21F6NO2/c1-4-5-9-15(3,26-14(25)17(21,22)23)16(19,20)12-8-6-7-11(10(2)24)13(12)18/h6-8,10H,4-5,9,24H2,1-3H3/t10-,15-/m1/s1. The number of unbranched alkanes of at least 4 members (excludes halogenated alkanes) is 1. The molecule has 1 rings (SSSR count). The van der Waals surface area contributed by atoms with E-state index in [0.29, 0.717) is 13.3 Å². The Morgan fingerprint density at radius 2 is 1.81 bits per heavy atom. The zero-order chi connectivity index (χ0) is 20.3. The second-order valence-corrected chi connectivity index (χ2v) is 6.29. The molecule has 26 heavy (non-hydrogen) atoms. The summed E-state index contributed by atoms with van der Waals surface area (Å²) in [6.45, 7) is 3.67. The lowest BCUT2D eigenvalue weighted by Crippen LogP contribution is -2.49. The van der Waals surface area contributed by atoms with Crippen LogP contribution in [0.25, 0.3) is 0 Å². The van der Waals surface area contributed by atoms with Crippen molar-refractivity contribution in [2.75, 3.05) is 0 Å². The lowest BCUT2D eigenvalue weighted by Gasteiger charge is -2.37. The molecule has 1 aromatic carbocycles. The Hall–Kier alpha value is -1.77. The Bertz CT molecular complexity index is 645. The summed E-state index contributed by atoms with van der Waals surface area (Å²) in [4.78, 5) is 11.2. The molecular weight excluding hydrogens is 364 g/mol. The Morgan fingerprint density at radius 1 is 1.23 bits per heavy atom. The van der Waals surface area contributed by atoms with E-state index in [1.165, 1.54) is 13.0 Å². The molecule has 9 heteroatoms. The molecule has 0 aliphatic carbocycles. The summed E-state index contributed by atoms with van der Waals surface area (Å²) >= 11 is 0. The van der Waals surface area contributed by atoms with Crippen LogP contribution in [0, 0.1) is 5.82 Å².